The lowest BCUT2D eigenvalue weighted by Crippen LogP contribution is -2.41. The summed E-state index contributed by atoms with van der Waals surface area (Å²) in [4.78, 5) is 23.9. The van der Waals surface area contributed by atoms with E-state index in [-0.39, 0.29) is 11.2 Å². The summed E-state index contributed by atoms with van der Waals surface area (Å²) in [5.41, 5.74) is 0.604. The van der Waals surface area contributed by atoms with Gasteiger partial charge >= 0.3 is 0 Å². The van der Waals surface area contributed by atoms with Gasteiger partial charge in [-0.3, -0.25) is 4.79 Å². The van der Waals surface area contributed by atoms with Crippen LogP contribution in [0.1, 0.15) is 38.9 Å². The van der Waals surface area contributed by atoms with E-state index in [2.05, 4.69) is 28.8 Å². The third-order valence-electron chi connectivity index (χ3n) is 5.63. The number of fused-ring (bicyclic) bond motifs is 3. The van der Waals surface area contributed by atoms with Gasteiger partial charge in [0.05, 0.1) is 22.6 Å². The molecule has 0 amide bonds. The first-order valence-electron chi connectivity index (χ1n) is 7.00. The number of aromatic nitrogens is 3. The van der Waals surface area contributed by atoms with Crippen molar-refractivity contribution in [2.24, 2.45) is 11.3 Å². The van der Waals surface area contributed by atoms with Crippen molar-refractivity contribution in [2.45, 2.75) is 38.5 Å². The van der Waals surface area contributed by atoms with Crippen molar-refractivity contribution in [3.63, 3.8) is 0 Å². The standard InChI is InChI=1S/C15H16FN3O/c1-14(2)8-3-4-15(14,11(20)5-8)13-18-9-6-12(16)17-7-10(9)19-13/h6-8H,3-5H2,1-2H3,(H,18,19). The lowest BCUT2D eigenvalue weighted by molar-refractivity contribution is -0.124. The van der Waals surface area contributed by atoms with Crippen LogP contribution in [0.5, 0.6) is 0 Å². The number of halogens is 1. The van der Waals surface area contributed by atoms with E-state index >= 15 is 0 Å². The predicted octanol–water partition coefficient (Wildman–Crippen LogP) is 2.74. The number of pyridine rings is 1. The number of hydrogen-bond donors (Lipinski definition) is 1. The second kappa shape index (κ2) is 3.45. The summed E-state index contributed by atoms with van der Waals surface area (Å²) in [5, 5.41) is 0. The van der Waals surface area contributed by atoms with Crippen LogP contribution in [0.2, 0.25) is 0 Å². The number of H-pyrrole nitrogens is 1. The lowest BCUT2D eigenvalue weighted by Gasteiger charge is -2.34. The zero-order valence-electron chi connectivity index (χ0n) is 11.5. The second-order valence-corrected chi connectivity index (χ2v) is 6.60. The molecule has 4 rings (SSSR count). The van der Waals surface area contributed by atoms with Gasteiger partial charge < -0.3 is 4.98 Å². The fourth-order valence-corrected chi connectivity index (χ4v) is 4.32. The Morgan fingerprint density at radius 2 is 2.25 bits per heavy atom. The second-order valence-electron chi connectivity index (χ2n) is 6.60. The van der Waals surface area contributed by atoms with E-state index in [9.17, 15) is 9.18 Å². The van der Waals surface area contributed by atoms with Gasteiger partial charge in [-0.05, 0) is 24.2 Å². The van der Waals surface area contributed by atoms with Gasteiger partial charge in [0.2, 0.25) is 5.95 Å². The van der Waals surface area contributed by atoms with Crippen LogP contribution in [-0.4, -0.2) is 20.7 Å². The number of rotatable bonds is 1. The molecular weight excluding hydrogens is 257 g/mol. The molecule has 2 heterocycles. The first kappa shape index (κ1) is 12.0. The summed E-state index contributed by atoms with van der Waals surface area (Å²) in [7, 11) is 0. The van der Waals surface area contributed by atoms with Gasteiger partial charge in [0, 0.05) is 12.5 Å². The third-order valence-corrected chi connectivity index (χ3v) is 5.63. The number of nitrogens with one attached hydrogen (secondary N) is 1. The van der Waals surface area contributed by atoms with Crippen LogP contribution in [-0.2, 0) is 10.2 Å². The molecule has 2 aromatic heterocycles. The number of hydrogen-bond acceptors (Lipinski definition) is 3. The Morgan fingerprint density at radius 3 is 2.90 bits per heavy atom. The number of imidazole rings is 1. The minimum absolute atomic E-state index is 0.0933. The van der Waals surface area contributed by atoms with Crippen LogP contribution in [0.15, 0.2) is 12.3 Å². The molecule has 2 aromatic rings. The molecule has 5 heteroatoms. The number of carbonyl (C=O) groups is 1. The number of carbonyl (C=O) groups excluding carboxylic acids is 1. The fraction of sp³-hybridized carbons (Fsp3) is 0.533. The number of ketones is 1. The zero-order valence-corrected chi connectivity index (χ0v) is 11.5. The van der Waals surface area contributed by atoms with Crippen molar-refractivity contribution >= 4 is 16.8 Å². The average molecular weight is 273 g/mol. The smallest absolute Gasteiger partial charge is 0.215 e. The highest BCUT2D eigenvalue weighted by molar-refractivity contribution is 5.95. The Labute approximate surface area is 115 Å². The van der Waals surface area contributed by atoms with Crippen LogP contribution in [0, 0.1) is 17.3 Å². The highest BCUT2D eigenvalue weighted by Crippen LogP contribution is 2.63. The molecule has 0 aliphatic heterocycles. The van der Waals surface area contributed by atoms with E-state index in [1.165, 1.54) is 12.3 Å². The molecule has 0 radical (unpaired) electrons. The van der Waals surface area contributed by atoms with Crippen molar-refractivity contribution in [1.82, 2.24) is 15.0 Å². The summed E-state index contributed by atoms with van der Waals surface area (Å²) in [6.07, 6.45) is 3.97. The van der Waals surface area contributed by atoms with E-state index in [0.29, 0.717) is 29.2 Å². The molecule has 2 bridgehead atoms. The molecule has 104 valence electrons. The van der Waals surface area contributed by atoms with Crippen molar-refractivity contribution in [1.29, 1.82) is 0 Å². The van der Waals surface area contributed by atoms with Gasteiger partial charge in [0.1, 0.15) is 11.6 Å². The molecule has 4 nitrogen and oxygen atoms in total. The minimum atomic E-state index is -0.547. The van der Waals surface area contributed by atoms with Gasteiger partial charge in [0.25, 0.3) is 0 Å². The van der Waals surface area contributed by atoms with Crippen molar-refractivity contribution in [2.75, 3.05) is 0 Å². The maximum Gasteiger partial charge on any atom is 0.215 e. The largest absolute Gasteiger partial charge is 0.340 e. The summed E-state index contributed by atoms with van der Waals surface area (Å²) < 4.78 is 13.2. The molecule has 1 N–H and O–H groups in total. The van der Waals surface area contributed by atoms with E-state index < -0.39 is 11.4 Å². The molecule has 2 saturated carbocycles. The predicted molar refractivity (Wildman–Crippen MR) is 71.7 cm³/mol. The van der Waals surface area contributed by atoms with Crippen LogP contribution in [0.25, 0.3) is 11.0 Å². The van der Waals surface area contributed by atoms with Crippen LogP contribution >= 0.6 is 0 Å². The first-order valence-corrected chi connectivity index (χ1v) is 7.00. The normalized spacial score (nSPS) is 31.4. The summed E-state index contributed by atoms with van der Waals surface area (Å²) >= 11 is 0. The molecular formula is C15H16FN3O. The third kappa shape index (κ3) is 1.19. The first-order chi connectivity index (χ1) is 9.45. The SMILES string of the molecule is CC1(C)C2CCC1(c1nc3cc(F)ncc3[nH]1)C(=O)C2. The Hall–Kier alpha value is -1.78. The molecule has 2 unspecified atom stereocenters. The Kier molecular flexibility index (Phi) is 2.07. The molecule has 2 aliphatic carbocycles. The number of aromatic amines is 1. The Balaban J connectivity index is 1.95. The lowest BCUT2D eigenvalue weighted by atomic mass is 9.68. The van der Waals surface area contributed by atoms with Crippen LogP contribution < -0.4 is 0 Å². The van der Waals surface area contributed by atoms with Gasteiger partial charge in [-0.25, -0.2) is 9.97 Å². The van der Waals surface area contributed by atoms with Crippen LogP contribution in [0.4, 0.5) is 4.39 Å². The Bertz CT molecular complexity index is 736. The highest BCUT2D eigenvalue weighted by Gasteiger charge is 2.66. The van der Waals surface area contributed by atoms with Crippen molar-refractivity contribution in [3.8, 4) is 0 Å². The highest BCUT2D eigenvalue weighted by atomic mass is 19.1. The van der Waals surface area contributed by atoms with Crippen molar-refractivity contribution in [3.05, 3.63) is 24.0 Å². The molecule has 20 heavy (non-hydrogen) atoms. The zero-order chi connectivity index (χ0) is 14.1. The molecule has 2 atom stereocenters. The Morgan fingerprint density at radius 1 is 1.45 bits per heavy atom. The topological polar surface area (TPSA) is 58.6 Å². The van der Waals surface area contributed by atoms with Gasteiger partial charge in [-0.15, -0.1) is 0 Å². The van der Waals surface area contributed by atoms with Crippen LogP contribution in [0.3, 0.4) is 0 Å². The van der Waals surface area contributed by atoms with E-state index in [1.54, 1.807) is 0 Å². The fourth-order valence-electron chi connectivity index (χ4n) is 4.32. The maximum atomic E-state index is 13.2. The quantitative estimate of drug-likeness (QED) is 0.813. The number of Topliss-reactive ketones (excluding diaryl/α,β-unsaturated/α-hetero) is 1. The maximum absolute atomic E-state index is 13.2. The minimum Gasteiger partial charge on any atom is -0.340 e. The molecule has 2 fully saturated rings. The van der Waals surface area contributed by atoms with Gasteiger partial charge in [-0.1, -0.05) is 13.8 Å². The van der Waals surface area contributed by atoms with E-state index in [4.69, 9.17) is 0 Å². The summed E-state index contributed by atoms with van der Waals surface area (Å²) in [6, 6.07) is 1.31. The summed E-state index contributed by atoms with van der Waals surface area (Å²) in [5.74, 6) is 0.841. The van der Waals surface area contributed by atoms with Gasteiger partial charge in [0.15, 0.2) is 0 Å². The van der Waals surface area contributed by atoms with Gasteiger partial charge in [-0.2, -0.15) is 4.39 Å². The molecule has 0 saturated heterocycles. The number of nitrogens with zero attached hydrogens (tertiary/aromatic N) is 2. The molecule has 2 aliphatic rings. The average Bonchev–Trinajstić information content (AvgIpc) is 2.96. The van der Waals surface area contributed by atoms with E-state index in [1.807, 2.05) is 0 Å². The monoisotopic (exact) mass is 273 g/mol. The van der Waals surface area contributed by atoms with E-state index in [0.717, 1.165) is 12.8 Å². The van der Waals surface area contributed by atoms with Crippen molar-refractivity contribution < 1.29 is 9.18 Å². The molecule has 0 aromatic carbocycles. The summed E-state index contributed by atoms with van der Waals surface area (Å²) in [6.45, 7) is 4.31. The molecule has 0 spiro atoms.